The molecule has 0 aliphatic rings. The second-order valence-electron chi connectivity index (χ2n) is 9.36. The van der Waals surface area contributed by atoms with Crippen LogP contribution in [0.25, 0.3) is 11.1 Å². The van der Waals surface area contributed by atoms with Crippen LogP contribution < -0.4 is 16.4 Å². The summed E-state index contributed by atoms with van der Waals surface area (Å²) in [5, 5.41) is 13.1. The Bertz CT molecular complexity index is 1670. The van der Waals surface area contributed by atoms with Gasteiger partial charge >= 0.3 is 24.1 Å². The number of ether oxygens (including phenoxy) is 1. The SMILES string of the molecule is CSc1sc(C(=N)N)cc1S(=O)(=O)c1cccc(-c2c(C)cccc2NC(=O)NCCCCCC(=O)OC(=O)C(F)(F)F)c1. The van der Waals surface area contributed by atoms with Crippen molar-refractivity contribution < 1.29 is 40.7 Å². The second kappa shape index (κ2) is 14.7. The van der Waals surface area contributed by atoms with Gasteiger partial charge in [-0.2, -0.15) is 13.2 Å². The summed E-state index contributed by atoms with van der Waals surface area (Å²) in [6, 6.07) is 12.4. The van der Waals surface area contributed by atoms with E-state index < -0.39 is 34.0 Å². The Morgan fingerprint density at radius 2 is 1.77 bits per heavy atom. The Hall–Kier alpha value is -3.89. The molecule has 5 N–H and O–H groups in total. The van der Waals surface area contributed by atoms with E-state index in [1.807, 2.05) is 13.0 Å². The molecule has 0 aliphatic carbocycles. The molecule has 1 heterocycles. The summed E-state index contributed by atoms with van der Waals surface area (Å²) in [4.78, 5) is 35.1. The summed E-state index contributed by atoms with van der Waals surface area (Å²) in [6.07, 6.45) is -2.94. The van der Waals surface area contributed by atoms with Crippen molar-refractivity contribution in [3.05, 3.63) is 59.0 Å². The lowest BCUT2D eigenvalue weighted by molar-refractivity contribution is -0.201. The number of aryl methyl sites for hydroxylation is 1. The number of alkyl halides is 3. The van der Waals surface area contributed by atoms with Crippen LogP contribution in [0.15, 0.2) is 62.5 Å². The quantitative estimate of drug-likeness (QED) is 0.0463. The number of nitrogen functional groups attached to an aromatic ring is 1. The molecule has 3 aromatic rings. The van der Waals surface area contributed by atoms with Gasteiger partial charge in [0.05, 0.1) is 24.6 Å². The maximum absolute atomic E-state index is 13.6. The number of amidine groups is 1. The number of rotatable bonds is 12. The van der Waals surface area contributed by atoms with Gasteiger partial charge in [0, 0.05) is 18.5 Å². The lowest BCUT2D eigenvalue weighted by Crippen LogP contribution is -2.29. The monoisotopic (exact) mass is 670 g/mol. The molecular weight excluding hydrogens is 642 g/mol. The smallest absolute Gasteiger partial charge is 0.386 e. The highest BCUT2D eigenvalue weighted by Crippen LogP contribution is 2.39. The molecule has 0 unspecified atom stereocenters. The minimum Gasteiger partial charge on any atom is -0.386 e. The van der Waals surface area contributed by atoms with Gasteiger partial charge in [-0.15, -0.1) is 23.1 Å². The molecule has 2 aromatic carbocycles. The molecule has 16 heteroatoms. The van der Waals surface area contributed by atoms with E-state index in [2.05, 4.69) is 15.4 Å². The number of anilines is 1. The third kappa shape index (κ3) is 8.83. The summed E-state index contributed by atoms with van der Waals surface area (Å²) in [5.41, 5.74) is 7.93. The van der Waals surface area contributed by atoms with Crippen LogP contribution in [0.4, 0.5) is 23.7 Å². The van der Waals surface area contributed by atoms with E-state index in [0.29, 0.717) is 38.7 Å². The van der Waals surface area contributed by atoms with E-state index in [1.54, 1.807) is 30.5 Å². The Morgan fingerprint density at radius 1 is 1.07 bits per heavy atom. The van der Waals surface area contributed by atoms with E-state index >= 15 is 0 Å². The van der Waals surface area contributed by atoms with Gasteiger partial charge in [-0.1, -0.05) is 30.7 Å². The fourth-order valence-electron chi connectivity index (χ4n) is 4.07. The van der Waals surface area contributed by atoms with Crippen LogP contribution in [0.5, 0.6) is 0 Å². The highest BCUT2D eigenvalue weighted by atomic mass is 32.2. The van der Waals surface area contributed by atoms with Gasteiger partial charge in [0.1, 0.15) is 5.84 Å². The van der Waals surface area contributed by atoms with Crippen molar-refractivity contribution in [1.29, 1.82) is 5.41 Å². The summed E-state index contributed by atoms with van der Waals surface area (Å²) < 4.78 is 67.9. The van der Waals surface area contributed by atoms with Crippen molar-refractivity contribution in [3.63, 3.8) is 0 Å². The number of hydrogen-bond donors (Lipinski definition) is 4. The zero-order valence-electron chi connectivity index (χ0n) is 23.5. The van der Waals surface area contributed by atoms with E-state index in [4.69, 9.17) is 11.1 Å². The normalized spacial score (nSPS) is 11.6. The first-order valence-electron chi connectivity index (χ1n) is 13.0. The van der Waals surface area contributed by atoms with Crippen molar-refractivity contribution in [3.8, 4) is 11.1 Å². The molecule has 0 radical (unpaired) electrons. The number of sulfone groups is 1. The number of carbonyl (C=O) groups is 3. The van der Waals surface area contributed by atoms with Gasteiger partial charge in [0.2, 0.25) is 9.84 Å². The zero-order chi connectivity index (χ0) is 32.7. The average Bonchev–Trinajstić information content (AvgIpc) is 3.41. The predicted molar refractivity (Wildman–Crippen MR) is 162 cm³/mol. The van der Waals surface area contributed by atoms with Gasteiger partial charge < -0.3 is 21.1 Å². The molecule has 0 saturated heterocycles. The molecule has 0 saturated carbocycles. The van der Waals surface area contributed by atoms with Crippen molar-refractivity contribution in [2.45, 2.75) is 52.8 Å². The number of benzene rings is 2. The number of urea groups is 1. The highest BCUT2D eigenvalue weighted by Gasteiger charge is 2.42. The number of thiophene rings is 1. The van der Waals surface area contributed by atoms with Crippen molar-refractivity contribution in [2.75, 3.05) is 18.1 Å². The van der Waals surface area contributed by atoms with Crippen LogP contribution in [0, 0.1) is 12.3 Å². The molecule has 10 nitrogen and oxygen atoms in total. The van der Waals surface area contributed by atoms with Crippen LogP contribution in [-0.4, -0.2) is 51.2 Å². The van der Waals surface area contributed by atoms with Crippen molar-refractivity contribution in [2.24, 2.45) is 5.73 Å². The standard InChI is InChI=1S/C28H29F3N4O6S3/c1-16-8-6-11-19(35-27(38)34-13-5-3-4-12-22(36)41-26(37)28(29,30)31)23(16)17-9-7-10-18(14-17)44(39,40)21-15-20(24(32)33)43-25(21)42-2/h6-11,14-15H,3-5,12-13H2,1-2H3,(H3,32,33)(H2,34,35,38). The second-order valence-corrected chi connectivity index (χ2v) is 13.4. The van der Waals surface area contributed by atoms with Gasteiger partial charge in [0.25, 0.3) is 0 Å². The largest absolute Gasteiger partial charge is 0.491 e. The topological polar surface area (TPSA) is 169 Å². The molecule has 44 heavy (non-hydrogen) atoms. The van der Waals surface area contributed by atoms with Crippen molar-refractivity contribution in [1.82, 2.24) is 5.32 Å². The Kier molecular flexibility index (Phi) is 11.6. The maximum atomic E-state index is 13.6. The predicted octanol–water partition coefficient (Wildman–Crippen LogP) is 5.88. The fraction of sp³-hybridized carbons (Fsp3) is 0.286. The maximum Gasteiger partial charge on any atom is 0.491 e. The summed E-state index contributed by atoms with van der Waals surface area (Å²) in [6.45, 7) is 2.01. The summed E-state index contributed by atoms with van der Waals surface area (Å²) in [5.74, 6) is -4.06. The molecule has 1 aromatic heterocycles. The number of unbranched alkanes of at least 4 members (excludes halogenated alkanes) is 2. The number of thioether (sulfide) groups is 1. The molecule has 236 valence electrons. The number of nitrogens with two attached hydrogens (primary N) is 1. The Labute approximate surface area is 260 Å². The number of carbonyl (C=O) groups excluding carboxylic acids is 3. The van der Waals surface area contributed by atoms with Gasteiger partial charge in [-0.25, -0.2) is 18.0 Å². The van der Waals surface area contributed by atoms with Crippen LogP contribution in [-0.2, 0) is 24.2 Å². The molecule has 3 rings (SSSR count). The molecule has 2 amide bonds. The van der Waals surface area contributed by atoms with E-state index in [9.17, 15) is 36.0 Å². The van der Waals surface area contributed by atoms with Crippen LogP contribution in [0.1, 0.15) is 36.1 Å². The lowest BCUT2D eigenvalue weighted by atomic mass is 9.98. The van der Waals surface area contributed by atoms with Gasteiger partial charge in [-0.05, 0) is 61.4 Å². The third-order valence-electron chi connectivity index (χ3n) is 6.14. The number of esters is 2. The third-order valence-corrected chi connectivity index (χ3v) is 10.5. The van der Waals surface area contributed by atoms with Crippen LogP contribution in [0.3, 0.4) is 0 Å². The molecule has 0 fully saturated rings. The minimum absolute atomic E-state index is 0.0310. The number of amides is 2. The number of nitrogens with one attached hydrogen (secondary N) is 3. The molecule has 0 atom stereocenters. The zero-order valence-corrected chi connectivity index (χ0v) is 26.0. The Balaban J connectivity index is 1.66. The summed E-state index contributed by atoms with van der Waals surface area (Å²) in [7, 11) is -3.97. The first-order valence-corrected chi connectivity index (χ1v) is 16.5. The average molecular weight is 671 g/mol. The molecule has 0 spiro atoms. The van der Waals surface area contributed by atoms with Gasteiger partial charge in [0.15, 0.2) is 0 Å². The number of halogens is 3. The van der Waals surface area contributed by atoms with E-state index in [0.717, 1.165) is 16.9 Å². The van der Waals surface area contributed by atoms with E-state index in [-0.39, 0.29) is 35.0 Å². The number of hydrogen-bond acceptors (Lipinski definition) is 9. The van der Waals surface area contributed by atoms with Crippen LogP contribution in [0.2, 0.25) is 0 Å². The highest BCUT2D eigenvalue weighted by molar-refractivity contribution is 8.01. The first-order chi connectivity index (χ1) is 20.6. The van der Waals surface area contributed by atoms with E-state index in [1.165, 1.54) is 30.0 Å². The Morgan fingerprint density at radius 3 is 2.43 bits per heavy atom. The lowest BCUT2D eigenvalue weighted by Gasteiger charge is -2.16. The van der Waals surface area contributed by atoms with Crippen LogP contribution >= 0.6 is 23.1 Å². The van der Waals surface area contributed by atoms with Gasteiger partial charge in [-0.3, -0.25) is 10.2 Å². The fourth-order valence-corrected chi connectivity index (χ4v) is 7.98. The molecule has 0 aliphatic heterocycles. The molecular formula is C28H29F3N4O6S3. The molecule has 0 bridgehead atoms. The van der Waals surface area contributed by atoms with Crippen molar-refractivity contribution >= 4 is 62.4 Å². The first kappa shape index (κ1) is 34.6. The minimum atomic E-state index is -5.24. The summed E-state index contributed by atoms with van der Waals surface area (Å²) >= 11 is 2.37.